The highest BCUT2D eigenvalue weighted by molar-refractivity contribution is 5.94. The Kier molecular flexibility index (Phi) is 4.94. The van der Waals surface area contributed by atoms with E-state index >= 15 is 0 Å². The predicted molar refractivity (Wildman–Crippen MR) is 59.6 cm³/mol. The van der Waals surface area contributed by atoms with Gasteiger partial charge in [-0.15, -0.1) is 0 Å². The van der Waals surface area contributed by atoms with Crippen LogP contribution in [0.2, 0.25) is 0 Å². The van der Waals surface area contributed by atoms with Crippen molar-refractivity contribution in [1.29, 1.82) is 0 Å². The molecule has 4 N–H and O–H groups in total. The van der Waals surface area contributed by atoms with Gasteiger partial charge in [0.25, 0.3) is 5.91 Å². The minimum absolute atomic E-state index is 0.187. The topological polar surface area (TPSA) is 101 Å². The van der Waals surface area contributed by atoms with Crippen LogP contribution in [0.1, 0.15) is 22.5 Å². The van der Waals surface area contributed by atoms with E-state index in [1.165, 1.54) is 12.4 Å². The van der Waals surface area contributed by atoms with Gasteiger partial charge in [0.15, 0.2) is 0 Å². The molecule has 86 valence electrons. The maximum Gasteiger partial charge on any atom is 0.252 e. The van der Waals surface area contributed by atoms with Crippen LogP contribution in [-0.4, -0.2) is 35.4 Å². The molecule has 0 unspecified atom stereocenters. The molecule has 1 heterocycles. The maximum absolute atomic E-state index is 11.5. The van der Waals surface area contributed by atoms with Crippen LogP contribution in [0.25, 0.3) is 0 Å². The van der Waals surface area contributed by atoms with Crippen LogP contribution in [0.4, 0.5) is 0 Å². The van der Waals surface area contributed by atoms with E-state index in [0.29, 0.717) is 24.3 Å². The molecule has 1 amide bonds. The second kappa shape index (κ2) is 6.52. The smallest absolute Gasteiger partial charge is 0.252 e. The SMILES string of the molecule is NCCCNC(=O)c1ccc(C=NO)nc1. The van der Waals surface area contributed by atoms with E-state index in [-0.39, 0.29) is 5.91 Å². The largest absolute Gasteiger partial charge is 0.411 e. The van der Waals surface area contributed by atoms with Gasteiger partial charge in [-0.05, 0) is 25.1 Å². The number of amides is 1. The molecule has 16 heavy (non-hydrogen) atoms. The summed E-state index contributed by atoms with van der Waals surface area (Å²) in [5, 5.41) is 13.8. The van der Waals surface area contributed by atoms with E-state index in [0.717, 1.165) is 6.42 Å². The lowest BCUT2D eigenvalue weighted by atomic mass is 10.2. The van der Waals surface area contributed by atoms with Gasteiger partial charge in [-0.2, -0.15) is 0 Å². The van der Waals surface area contributed by atoms with Crippen LogP contribution in [-0.2, 0) is 0 Å². The first-order chi connectivity index (χ1) is 7.77. The molecule has 6 heteroatoms. The minimum atomic E-state index is -0.187. The quantitative estimate of drug-likeness (QED) is 0.282. The summed E-state index contributed by atoms with van der Waals surface area (Å²) in [7, 11) is 0. The molecule has 1 rings (SSSR count). The zero-order valence-electron chi connectivity index (χ0n) is 8.76. The van der Waals surface area contributed by atoms with Gasteiger partial charge in [-0.3, -0.25) is 9.78 Å². The molecule has 0 saturated carbocycles. The standard InChI is InChI=1S/C10H14N4O2/c11-4-1-5-12-10(15)8-2-3-9(7-14-16)13-6-8/h2-3,6-7,16H,1,4-5,11H2,(H,12,15). The van der Waals surface area contributed by atoms with E-state index < -0.39 is 0 Å². The lowest BCUT2D eigenvalue weighted by Gasteiger charge is -2.03. The molecule has 0 aliphatic carbocycles. The average Bonchev–Trinajstić information content (AvgIpc) is 2.30. The van der Waals surface area contributed by atoms with Crippen LogP contribution in [0, 0.1) is 0 Å². The first kappa shape index (κ1) is 12.1. The average molecular weight is 222 g/mol. The Morgan fingerprint density at radius 2 is 2.44 bits per heavy atom. The van der Waals surface area contributed by atoms with Crippen molar-refractivity contribution in [3.8, 4) is 0 Å². The summed E-state index contributed by atoms with van der Waals surface area (Å²) >= 11 is 0. The number of nitrogens with two attached hydrogens (primary N) is 1. The number of nitrogens with one attached hydrogen (secondary N) is 1. The van der Waals surface area contributed by atoms with Crippen molar-refractivity contribution >= 4 is 12.1 Å². The molecule has 6 nitrogen and oxygen atoms in total. The van der Waals surface area contributed by atoms with Crippen molar-refractivity contribution in [2.45, 2.75) is 6.42 Å². The van der Waals surface area contributed by atoms with Crippen molar-refractivity contribution in [3.05, 3.63) is 29.6 Å². The highest BCUT2D eigenvalue weighted by Gasteiger charge is 2.04. The van der Waals surface area contributed by atoms with Crippen LogP contribution in [0.15, 0.2) is 23.5 Å². The second-order valence-corrected chi connectivity index (χ2v) is 3.11. The Bertz CT molecular complexity index is 362. The van der Waals surface area contributed by atoms with E-state index in [9.17, 15) is 4.79 Å². The van der Waals surface area contributed by atoms with Gasteiger partial charge in [0, 0.05) is 12.7 Å². The molecule has 0 saturated heterocycles. The third-order valence-electron chi connectivity index (χ3n) is 1.91. The van der Waals surface area contributed by atoms with Crippen LogP contribution in [0.3, 0.4) is 0 Å². The Labute approximate surface area is 93.2 Å². The monoisotopic (exact) mass is 222 g/mol. The van der Waals surface area contributed by atoms with Gasteiger partial charge < -0.3 is 16.3 Å². The molecule has 0 atom stereocenters. The van der Waals surface area contributed by atoms with Crippen molar-refractivity contribution in [2.75, 3.05) is 13.1 Å². The zero-order valence-corrected chi connectivity index (χ0v) is 8.76. The Morgan fingerprint density at radius 3 is 3.00 bits per heavy atom. The van der Waals surface area contributed by atoms with Crippen molar-refractivity contribution < 1.29 is 10.0 Å². The van der Waals surface area contributed by atoms with E-state index in [1.54, 1.807) is 12.1 Å². The normalized spacial score (nSPS) is 10.6. The molecule has 0 aliphatic rings. The highest BCUT2D eigenvalue weighted by atomic mass is 16.4. The maximum atomic E-state index is 11.5. The van der Waals surface area contributed by atoms with E-state index in [1.807, 2.05) is 0 Å². The molecule has 0 aliphatic heterocycles. The van der Waals surface area contributed by atoms with E-state index in [4.69, 9.17) is 10.9 Å². The fraction of sp³-hybridized carbons (Fsp3) is 0.300. The fourth-order valence-electron chi connectivity index (χ4n) is 1.08. The van der Waals surface area contributed by atoms with Crippen molar-refractivity contribution in [3.63, 3.8) is 0 Å². The third-order valence-corrected chi connectivity index (χ3v) is 1.91. The molecule has 0 fully saturated rings. The lowest BCUT2D eigenvalue weighted by Crippen LogP contribution is -2.26. The summed E-state index contributed by atoms with van der Waals surface area (Å²) in [6, 6.07) is 3.21. The van der Waals surface area contributed by atoms with E-state index in [2.05, 4.69) is 15.5 Å². The number of nitrogens with zero attached hydrogens (tertiary/aromatic N) is 2. The zero-order chi connectivity index (χ0) is 11.8. The lowest BCUT2D eigenvalue weighted by molar-refractivity contribution is 0.0953. The number of pyridine rings is 1. The number of hydrogen-bond donors (Lipinski definition) is 3. The summed E-state index contributed by atoms with van der Waals surface area (Å²) in [5.41, 5.74) is 6.26. The highest BCUT2D eigenvalue weighted by Crippen LogP contribution is 1.98. The van der Waals surface area contributed by atoms with Gasteiger partial charge in [0.1, 0.15) is 0 Å². The Morgan fingerprint density at radius 1 is 1.62 bits per heavy atom. The van der Waals surface area contributed by atoms with Crippen LogP contribution >= 0.6 is 0 Å². The van der Waals surface area contributed by atoms with Gasteiger partial charge in [0.2, 0.25) is 0 Å². The first-order valence-electron chi connectivity index (χ1n) is 4.89. The summed E-state index contributed by atoms with van der Waals surface area (Å²) in [6.07, 6.45) is 3.36. The Hall–Kier alpha value is -1.95. The number of rotatable bonds is 5. The summed E-state index contributed by atoms with van der Waals surface area (Å²) in [6.45, 7) is 1.10. The third kappa shape index (κ3) is 3.66. The molecule has 0 bridgehead atoms. The van der Waals surface area contributed by atoms with Crippen molar-refractivity contribution in [1.82, 2.24) is 10.3 Å². The van der Waals surface area contributed by atoms with Gasteiger partial charge in [-0.25, -0.2) is 0 Å². The van der Waals surface area contributed by atoms with Gasteiger partial charge in [-0.1, -0.05) is 5.16 Å². The van der Waals surface area contributed by atoms with Crippen LogP contribution in [0.5, 0.6) is 0 Å². The molecule has 1 aromatic heterocycles. The number of carbonyl (C=O) groups excluding carboxylic acids is 1. The molecular formula is C10H14N4O2. The molecule has 0 radical (unpaired) electrons. The van der Waals surface area contributed by atoms with Crippen LogP contribution < -0.4 is 11.1 Å². The van der Waals surface area contributed by atoms with Crippen molar-refractivity contribution in [2.24, 2.45) is 10.9 Å². The van der Waals surface area contributed by atoms with Gasteiger partial charge >= 0.3 is 0 Å². The molecular weight excluding hydrogens is 208 g/mol. The molecule has 0 aromatic carbocycles. The van der Waals surface area contributed by atoms with Gasteiger partial charge in [0.05, 0.1) is 17.5 Å². The summed E-state index contributed by atoms with van der Waals surface area (Å²) in [4.78, 5) is 15.4. The number of hydrogen-bond acceptors (Lipinski definition) is 5. The number of oxime groups is 1. The summed E-state index contributed by atoms with van der Waals surface area (Å²) in [5.74, 6) is -0.187. The number of aromatic nitrogens is 1. The first-order valence-corrected chi connectivity index (χ1v) is 4.89. The molecule has 0 spiro atoms. The second-order valence-electron chi connectivity index (χ2n) is 3.11. The predicted octanol–water partition coefficient (Wildman–Crippen LogP) is -0.0317. The number of carbonyl (C=O) groups is 1. The Balaban J connectivity index is 2.56. The fourth-order valence-corrected chi connectivity index (χ4v) is 1.08. The summed E-state index contributed by atoms with van der Waals surface area (Å²) < 4.78 is 0. The minimum Gasteiger partial charge on any atom is -0.411 e. The molecule has 1 aromatic rings.